The highest BCUT2D eigenvalue weighted by Crippen LogP contribution is 2.53. The third-order valence-electron chi connectivity index (χ3n) is 4.33. The molecule has 1 unspecified atom stereocenters. The summed E-state index contributed by atoms with van der Waals surface area (Å²) in [7, 11) is 0. The SMILES string of the molecule is C=C(CC(=O)C(C)C)C1C(C)(C)C=C(C)CC1(C)C. The summed E-state index contributed by atoms with van der Waals surface area (Å²) in [5.41, 5.74) is 2.82. The number of hydrogen-bond donors (Lipinski definition) is 0. The van der Waals surface area contributed by atoms with Gasteiger partial charge < -0.3 is 0 Å². The van der Waals surface area contributed by atoms with Crippen LogP contribution in [0.25, 0.3) is 0 Å². The highest BCUT2D eigenvalue weighted by atomic mass is 16.1. The van der Waals surface area contributed by atoms with E-state index in [4.69, 9.17) is 0 Å². The largest absolute Gasteiger partial charge is 0.299 e. The van der Waals surface area contributed by atoms with Crippen LogP contribution in [0, 0.1) is 22.7 Å². The molecule has 0 heterocycles. The van der Waals surface area contributed by atoms with E-state index < -0.39 is 0 Å². The van der Waals surface area contributed by atoms with Crippen molar-refractivity contribution in [2.75, 3.05) is 0 Å². The van der Waals surface area contributed by atoms with Crippen LogP contribution in [-0.2, 0) is 4.79 Å². The average Bonchev–Trinajstić information content (AvgIpc) is 2.11. The lowest BCUT2D eigenvalue weighted by Gasteiger charge is -2.48. The summed E-state index contributed by atoms with van der Waals surface area (Å²) >= 11 is 0. The van der Waals surface area contributed by atoms with Gasteiger partial charge in [0, 0.05) is 12.3 Å². The Kier molecular flexibility index (Phi) is 4.49. The van der Waals surface area contributed by atoms with Crippen LogP contribution in [0.15, 0.2) is 23.8 Å². The normalized spacial score (nSPS) is 25.1. The first kappa shape index (κ1) is 16.2. The van der Waals surface area contributed by atoms with E-state index in [1.165, 1.54) is 5.57 Å². The summed E-state index contributed by atoms with van der Waals surface area (Å²) in [5.74, 6) is 0.776. The maximum atomic E-state index is 12.0. The third-order valence-corrected chi connectivity index (χ3v) is 4.33. The van der Waals surface area contributed by atoms with Crippen molar-refractivity contribution in [3.8, 4) is 0 Å². The molecule has 0 aliphatic heterocycles. The first-order chi connectivity index (χ1) is 8.47. The fourth-order valence-electron chi connectivity index (χ4n) is 4.21. The van der Waals surface area contributed by atoms with Gasteiger partial charge >= 0.3 is 0 Å². The van der Waals surface area contributed by atoms with Crippen molar-refractivity contribution in [1.29, 1.82) is 0 Å². The summed E-state index contributed by atoms with van der Waals surface area (Å²) in [4.78, 5) is 12.0. The van der Waals surface area contributed by atoms with Crippen LogP contribution in [0.1, 0.15) is 61.3 Å². The highest BCUT2D eigenvalue weighted by molar-refractivity contribution is 5.82. The Hall–Kier alpha value is -0.850. The lowest BCUT2D eigenvalue weighted by molar-refractivity contribution is -0.121. The van der Waals surface area contributed by atoms with Gasteiger partial charge in [-0.15, -0.1) is 0 Å². The summed E-state index contributed by atoms with van der Waals surface area (Å²) in [5, 5.41) is 0. The van der Waals surface area contributed by atoms with Crippen molar-refractivity contribution in [3.63, 3.8) is 0 Å². The van der Waals surface area contributed by atoms with Crippen molar-refractivity contribution in [2.45, 2.75) is 61.3 Å². The fourth-order valence-corrected chi connectivity index (χ4v) is 4.21. The minimum absolute atomic E-state index is 0.0835. The van der Waals surface area contributed by atoms with Gasteiger partial charge in [0.2, 0.25) is 0 Å². The first-order valence-corrected chi connectivity index (χ1v) is 7.36. The number of allylic oxidation sites excluding steroid dienone is 3. The molecule has 1 heteroatoms. The topological polar surface area (TPSA) is 17.1 Å². The zero-order chi connectivity index (χ0) is 15.0. The van der Waals surface area contributed by atoms with E-state index in [1.54, 1.807) is 0 Å². The van der Waals surface area contributed by atoms with Crippen molar-refractivity contribution in [3.05, 3.63) is 23.8 Å². The van der Waals surface area contributed by atoms with Gasteiger partial charge in [0.1, 0.15) is 5.78 Å². The van der Waals surface area contributed by atoms with Crippen LogP contribution in [0.3, 0.4) is 0 Å². The maximum absolute atomic E-state index is 12.0. The van der Waals surface area contributed by atoms with Gasteiger partial charge in [-0.3, -0.25) is 4.79 Å². The van der Waals surface area contributed by atoms with Crippen LogP contribution >= 0.6 is 0 Å². The standard InChI is InChI=1S/C18H30O/c1-12(2)15(19)9-14(4)16-17(5,6)10-13(3)11-18(16,7)8/h10,12,16H,4,9,11H2,1-3,5-8H3. The predicted octanol–water partition coefficient (Wildman–Crippen LogP) is 5.18. The molecular weight excluding hydrogens is 232 g/mol. The van der Waals surface area contributed by atoms with Crippen LogP contribution in [0.2, 0.25) is 0 Å². The van der Waals surface area contributed by atoms with E-state index in [9.17, 15) is 4.79 Å². The number of carbonyl (C=O) groups excluding carboxylic acids is 1. The van der Waals surface area contributed by atoms with Gasteiger partial charge in [-0.05, 0) is 30.1 Å². The molecule has 0 N–H and O–H groups in total. The molecule has 0 radical (unpaired) electrons. The summed E-state index contributed by atoms with van der Waals surface area (Å²) < 4.78 is 0. The zero-order valence-corrected chi connectivity index (χ0v) is 13.8. The van der Waals surface area contributed by atoms with Gasteiger partial charge in [0.25, 0.3) is 0 Å². The lowest BCUT2D eigenvalue weighted by Crippen LogP contribution is -2.40. The minimum Gasteiger partial charge on any atom is -0.299 e. The quantitative estimate of drug-likeness (QED) is 0.638. The second-order valence-electron chi connectivity index (χ2n) is 7.87. The van der Waals surface area contributed by atoms with Gasteiger partial charge in [-0.2, -0.15) is 0 Å². The van der Waals surface area contributed by atoms with E-state index in [0.29, 0.717) is 18.1 Å². The molecule has 0 saturated carbocycles. The molecule has 0 aromatic carbocycles. The molecule has 0 bridgehead atoms. The van der Waals surface area contributed by atoms with E-state index in [2.05, 4.69) is 47.3 Å². The Balaban J connectivity index is 3.03. The molecule has 0 saturated heterocycles. The maximum Gasteiger partial charge on any atom is 0.139 e. The smallest absolute Gasteiger partial charge is 0.139 e. The molecule has 0 aromatic rings. The number of ketones is 1. The Morgan fingerprint density at radius 3 is 2.32 bits per heavy atom. The van der Waals surface area contributed by atoms with E-state index >= 15 is 0 Å². The van der Waals surface area contributed by atoms with Gasteiger partial charge in [0.05, 0.1) is 0 Å². The molecule has 1 rings (SSSR count). The van der Waals surface area contributed by atoms with Gasteiger partial charge in [-0.25, -0.2) is 0 Å². The molecule has 0 spiro atoms. The number of carbonyl (C=O) groups is 1. The monoisotopic (exact) mass is 262 g/mol. The van der Waals surface area contributed by atoms with E-state index in [0.717, 1.165) is 12.0 Å². The van der Waals surface area contributed by atoms with Crippen LogP contribution in [0.5, 0.6) is 0 Å². The molecule has 1 atom stereocenters. The summed E-state index contributed by atoms with van der Waals surface area (Å²) in [6, 6.07) is 0. The average molecular weight is 262 g/mol. The fraction of sp³-hybridized carbons (Fsp3) is 0.722. The Morgan fingerprint density at radius 1 is 1.37 bits per heavy atom. The Bertz CT molecular complexity index is 407. The molecule has 0 fully saturated rings. The lowest BCUT2D eigenvalue weighted by atomic mass is 9.56. The first-order valence-electron chi connectivity index (χ1n) is 7.36. The zero-order valence-electron chi connectivity index (χ0n) is 13.8. The number of hydrogen-bond acceptors (Lipinski definition) is 1. The predicted molar refractivity (Wildman–Crippen MR) is 83.0 cm³/mol. The minimum atomic E-state index is 0.0835. The van der Waals surface area contributed by atoms with Crippen molar-refractivity contribution in [2.24, 2.45) is 22.7 Å². The molecule has 1 aliphatic carbocycles. The van der Waals surface area contributed by atoms with Gasteiger partial charge in [-0.1, -0.05) is 65.3 Å². The second kappa shape index (κ2) is 5.26. The van der Waals surface area contributed by atoms with Crippen LogP contribution in [0.4, 0.5) is 0 Å². The molecule has 1 aliphatic rings. The molecular formula is C18H30O. The molecule has 0 amide bonds. The summed E-state index contributed by atoms with van der Waals surface area (Å²) in [6.07, 6.45) is 3.99. The number of rotatable bonds is 4. The van der Waals surface area contributed by atoms with E-state index in [-0.39, 0.29) is 16.7 Å². The molecule has 1 nitrogen and oxygen atoms in total. The van der Waals surface area contributed by atoms with E-state index in [1.807, 2.05) is 13.8 Å². The molecule has 108 valence electrons. The molecule has 0 aromatic heterocycles. The Labute approximate surface area is 119 Å². The van der Waals surface area contributed by atoms with Crippen molar-refractivity contribution in [1.82, 2.24) is 0 Å². The highest BCUT2D eigenvalue weighted by Gasteiger charge is 2.44. The van der Waals surface area contributed by atoms with Gasteiger partial charge in [0.15, 0.2) is 0 Å². The Morgan fingerprint density at radius 2 is 1.89 bits per heavy atom. The third kappa shape index (κ3) is 3.58. The van der Waals surface area contributed by atoms with Crippen molar-refractivity contribution < 1.29 is 4.79 Å². The molecule has 19 heavy (non-hydrogen) atoms. The van der Waals surface area contributed by atoms with Crippen LogP contribution < -0.4 is 0 Å². The van der Waals surface area contributed by atoms with Crippen molar-refractivity contribution >= 4 is 5.78 Å². The summed E-state index contributed by atoms with van der Waals surface area (Å²) in [6.45, 7) is 19.6. The second-order valence-corrected chi connectivity index (χ2v) is 7.87. The van der Waals surface area contributed by atoms with Crippen LogP contribution in [-0.4, -0.2) is 5.78 Å². The number of Topliss-reactive ketones (excluding diaryl/α,β-unsaturated/α-hetero) is 1.